The lowest BCUT2D eigenvalue weighted by atomic mass is 10.1. The number of aryl methyl sites for hydroxylation is 2. The van der Waals surface area contributed by atoms with Gasteiger partial charge in [-0.1, -0.05) is 19.1 Å². The number of benzene rings is 1. The molecule has 0 aliphatic carbocycles. The van der Waals surface area contributed by atoms with E-state index >= 15 is 0 Å². The first-order chi connectivity index (χ1) is 7.72. The van der Waals surface area contributed by atoms with Gasteiger partial charge in [0.15, 0.2) is 5.82 Å². The van der Waals surface area contributed by atoms with Crippen LogP contribution < -0.4 is 0 Å². The number of aromatic nitrogens is 2. The van der Waals surface area contributed by atoms with Crippen molar-refractivity contribution in [3.63, 3.8) is 0 Å². The third kappa shape index (κ3) is 1.94. The van der Waals surface area contributed by atoms with Crippen molar-refractivity contribution >= 4 is 0 Å². The Morgan fingerprint density at radius 1 is 1.25 bits per heavy atom. The third-order valence-corrected chi connectivity index (χ3v) is 2.58. The summed E-state index contributed by atoms with van der Waals surface area (Å²) in [4.78, 5) is 8.51. The Morgan fingerprint density at radius 3 is 2.62 bits per heavy atom. The summed E-state index contributed by atoms with van der Waals surface area (Å²) in [5.74, 6) is 0.166. The Bertz CT molecular complexity index is 509. The number of halogens is 1. The van der Waals surface area contributed by atoms with Crippen molar-refractivity contribution in [1.29, 1.82) is 0 Å². The Morgan fingerprint density at radius 2 is 2.00 bits per heavy atom. The largest absolute Gasteiger partial charge is 0.236 e. The van der Waals surface area contributed by atoms with Gasteiger partial charge < -0.3 is 0 Å². The van der Waals surface area contributed by atoms with Crippen molar-refractivity contribution in [2.24, 2.45) is 0 Å². The molecule has 2 aromatic rings. The molecule has 0 spiro atoms. The minimum atomic E-state index is -0.286. The van der Waals surface area contributed by atoms with Gasteiger partial charge in [0.05, 0.1) is 5.56 Å². The van der Waals surface area contributed by atoms with E-state index in [1.54, 1.807) is 24.4 Å². The van der Waals surface area contributed by atoms with Gasteiger partial charge in [-0.15, -0.1) is 0 Å². The van der Waals surface area contributed by atoms with Crippen molar-refractivity contribution in [1.82, 2.24) is 9.97 Å². The van der Waals surface area contributed by atoms with Gasteiger partial charge in [0.25, 0.3) is 0 Å². The fraction of sp³-hybridized carbons (Fsp3) is 0.231. The molecule has 0 N–H and O–H groups in total. The lowest BCUT2D eigenvalue weighted by molar-refractivity contribution is 0.630. The summed E-state index contributed by atoms with van der Waals surface area (Å²) in [7, 11) is 0. The molecule has 82 valence electrons. The number of hydrogen-bond acceptors (Lipinski definition) is 2. The van der Waals surface area contributed by atoms with E-state index in [-0.39, 0.29) is 5.82 Å². The van der Waals surface area contributed by atoms with Crippen LogP contribution in [0.15, 0.2) is 30.5 Å². The van der Waals surface area contributed by atoms with Crippen LogP contribution in [0.4, 0.5) is 4.39 Å². The zero-order chi connectivity index (χ0) is 11.5. The van der Waals surface area contributed by atoms with Gasteiger partial charge in [0.1, 0.15) is 5.82 Å². The Kier molecular flexibility index (Phi) is 2.95. The summed E-state index contributed by atoms with van der Waals surface area (Å²) in [5.41, 5.74) is 2.46. The highest BCUT2D eigenvalue weighted by Gasteiger charge is 2.08. The second-order valence-corrected chi connectivity index (χ2v) is 3.64. The van der Waals surface area contributed by atoms with Crippen LogP contribution in [0.5, 0.6) is 0 Å². The van der Waals surface area contributed by atoms with E-state index in [2.05, 4.69) is 16.9 Å². The second-order valence-electron chi connectivity index (χ2n) is 3.64. The van der Waals surface area contributed by atoms with E-state index in [0.717, 1.165) is 17.7 Å². The molecular weight excluding hydrogens is 203 g/mol. The van der Waals surface area contributed by atoms with Crippen LogP contribution in [0.3, 0.4) is 0 Å². The molecular formula is C13H13FN2. The monoisotopic (exact) mass is 216 g/mol. The van der Waals surface area contributed by atoms with Gasteiger partial charge in [-0.25, -0.2) is 14.4 Å². The molecule has 0 amide bonds. The molecule has 0 saturated carbocycles. The van der Waals surface area contributed by atoms with Crippen molar-refractivity contribution in [3.05, 3.63) is 47.5 Å². The molecule has 0 fully saturated rings. The molecule has 3 heteroatoms. The molecule has 1 aromatic carbocycles. The Labute approximate surface area is 94.2 Å². The molecule has 1 aromatic heterocycles. The van der Waals surface area contributed by atoms with Crippen LogP contribution in [0, 0.1) is 12.7 Å². The molecule has 0 atom stereocenters. The van der Waals surface area contributed by atoms with Crippen molar-refractivity contribution in [3.8, 4) is 11.4 Å². The van der Waals surface area contributed by atoms with Crippen LogP contribution in [0.2, 0.25) is 0 Å². The number of rotatable bonds is 2. The predicted octanol–water partition coefficient (Wildman–Crippen LogP) is 3.15. The van der Waals surface area contributed by atoms with E-state index in [4.69, 9.17) is 0 Å². The van der Waals surface area contributed by atoms with Gasteiger partial charge in [-0.3, -0.25) is 0 Å². The first-order valence-corrected chi connectivity index (χ1v) is 5.29. The van der Waals surface area contributed by atoms with Crippen molar-refractivity contribution in [2.75, 3.05) is 0 Å². The van der Waals surface area contributed by atoms with Crippen LogP contribution >= 0.6 is 0 Å². The molecule has 0 saturated heterocycles. The minimum Gasteiger partial charge on any atom is -0.236 e. The Hall–Kier alpha value is -1.77. The number of hydrogen-bond donors (Lipinski definition) is 0. The molecule has 0 unspecified atom stereocenters. The summed E-state index contributed by atoms with van der Waals surface area (Å²) < 4.78 is 13.5. The quantitative estimate of drug-likeness (QED) is 0.770. The average molecular weight is 216 g/mol. The van der Waals surface area contributed by atoms with Gasteiger partial charge in [0, 0.05) is 11.9 Å². The van der Waals surface area contributed by atoms with Gasteiger partial charge in [-0.05, 0) is 31.0 Å². The SMILES string of the molecule is CCc1cnc(-c2ccccc2F)nc1C. The summed E-state index contributed by atoms with van der Waals surface area (Å²) >= 11 is 0. The first-order valence-electron chi connectivity index (χ1n) is 5.29. The third-order valence-electron chi connectivity index (χ3n) is 2.58. The van der Waals surface area contributed by atoms with Crippen molar-refractivity contribution < 1.29 is 4.39 Å². The molecule has 1 heterocycles. The lowest BCUT2D eigenvalue weighted by Crippen LogP contribution is -1.98. The van der Waals surface area contributed by atoms with Gasteiger partial charge in [-0.2, -0.15) is 0 Å². The summed E-state index contributed by atoms with van der Waals surface area (Å²) in [6, 6.07) is 6.55. The van der Waals surface area contributed by atoms with E-state index in [1.165, 1.54) is 6.07 Å². The molecule has 0 bridgehead atoms. The topological polar surface area (TPSA) is 25.8 Å². The fourth-order valence-electron chi connectivity index (χ4n) is 1.61. The van der Waals surface area contributed by atoms with Crippen LogP contribution in [0.25, 0.3) is 11.4 Å². The average Bonchev–Trinajstić information content (AvgIpc) is 2.29. The Balaban J connectivity index is 2.50. The van der Waals surface area contributed by atoms with Crippen molar-refractivity contribution in [2.45, 2.75) is 20.3 Å². The van der Waals surface area contributed by atoms with E-state index in [0.29, 0.717) is 11.4 Å². The molecule has 0 aliphatic heterocycles. The standard InChI is InChI=1S/C13H13FN2/c1-3-10-8-15-13(16-9(10)2)11-6-4-5-7-12(11)14/h4-8H,3H2,1-2H3. The highest BCUT2D eigenvalue weighted by Crippen LogP contribution is 2.19. The minimum absolute atomic E-state index is 0.286. The summed E-state index contributed by atoms with van der Waals surface area (Å²) in [6.07, 6.45) is 2.66. The smallest absolute Gasteiger partial charge is 0.162 e. The maximum atomic E-state index is 13.5. The zero-order valence-corrected chi connectivity index (χ0v) is 9.37. The lowest BCUT2D eigenvalue weighted by Gasteiger charge is -2.05. The van der Waals surface area contributed by atoms with Crippen LogP contribution in [-0.4, -0.2) is 9.97 Å². The summed E-state index contributed by atoms with van der Waals surface area (Å²) in [5, 5.41) is 0. The highest BCUT2D eigenvalue weighted by molar-refractivity contribution is 5.55. The fourth-order valence-corrected chi connectivity index (χ4v) is 1.61. The number of nitrogens with zero attached hydrogens (tertiary/aromatic N) is 2. The van der Waals surface area contributed by atoms with E-state index < -0.39 is 0 Å². The first kappa shape index (κ1) is 10.7. The van der Waals surface area contributed by atoms with E-state index in [1.807, 2.05) is 6.92 Å². The van der Waals surface area contributed by atoms with Crippen LogP contribution in [0.1, 0.15) is 18.2 Å². The normalized spacial score (nSPS) is 10.4. The second kappa shape index (κ2) is 4.39. The highest BCUT2D eigenvalue weighted by atomic mass is 19.1. The molecule has 16 heavy (non-hydrogen) atoms. The summed E-state index contributed by atoms with van der Waals surface area (Å²) in [6.45, 7) is 3.97. The molecule has 0 aliphatic rings. The van der Waals surface area contributed by atoms with Gasteiger partial charge >= 0.3 is 0 Å². The molecule has 2 nitrogen and oxygen atoms in total. The van der Waals surface area contributed by atoms with Gasteiger partial charge in [0.2, 0.25) is 0 Å². The van der Waals surface area contributed by atoms with E-state index in [9.17, 15) is 4.39 Å². The predicted molar refractivity (Wildman–Crippen MR) is 61.5 cm³/mol. The molecule has 2 rings (SSSR count). The van der Waals surface area contributed by atoms with Crippen LogP contribution in [-0.2, 0) is 6.42 Å². The molecule has 0 radical (unpaired) electrons. The maximum absolute atomic E-state index is 13.5. The zero-order valence-electron chi connectivity index (χ0n) is 9.37. The maximum Gasteiger partial charge on any atom is 0.162 e.